The zero-order chi connectivity index (χ0) is 15.1. The lowest BCUT2D eigenvalue weighted by atomic mass is 10.1. The van der Waals surface area contributed by atoms with Crippen LogP contribution in [0.4, 0.5) is 11.4 Å². The average molecular weight is 287 g/mol. The van der Waals surface area contributed by atoms with Gasteiger partial charge in [-0.25, -0.2) is 0 Å². The Hall–Kier alpha value is -2.74. The Labute approximate surface area is 129 Å². The standard InChI is InChI=1S/C20H17NO/c1-13-7-5-8-14(2)19(13)21-17-11-6-10-16-15-9-3-4-12-18(15)22-20(16)17/h3-12,21H,1-2H3. The second-order valence-electron chi connectivity index (χ2n) is 5.67. The van der Waals surface area contributed by atoms with Gasteiger partial charge in [0, 0.05) is 16.5 Å². The Kier molecular flexibility index (Phi) is 2.90. The third kappa shape index (κ3) is 1.96. The van der Waals surface area contributed by atoms with E-state index >= 15 is 0 Å². The number of hydrogen-bond acceptors (Lipinski definition) is 2. The minimum atomic E-state index is 0.909. The number of nitrogens with one attached hydrogen (secondary N) is 1. The van der Waals surface area contributed by atoms with Crippen LogP contribution in [0, 0.1) is 13.8 Å². The molecule has 1 heterocycles. The monoisotopic (exact) mass is 287 g/mol. The van der Waals surface area contributed by atoms with E-state index in [9.17, 15) is 0 Å². The van der Waals surface area contributed by atoms with Crippen molar-refractivity contribution < 1.29 is 4.42 Å². The van der Waals surface area contributed by atoms with Crippen molar-refractivity contribution in [2.24, 2.45) is 0 Å². The highest BCUT2D eigenvalue weighted by atomic mass is 16.3. The maximum atomic E-state index is 6.07. The maximum absolute atomic E-state index is 6.07. The van der Waals surface area contributed by atoms with Crippen LogP contribution in [-0.2, 0) is 0 Å². The molecule has 0 fully saturated rings. The van der Waals surface area contributed by atoms with Gasteiger partial charge in [0.05, 0.1) is 5.69 Å². The number of hydrogen-bond donors (Lipinski definition) is 1. The summed E-state index contributed by atoms with van der Waals surface area (Å²) in [5.41, 5.74) is 6.45. The summed E-state index contributed by atoms with van der Waals surface area (Å²) >= 11 is 0. The number of aryl methyl sites for hydroxylation is 2. The van der Waals surface area contributed by atoms with Gasteiger partial charge in [-0.1, -0.05) is 48.5 Å². The molecule has 22 heavy (non-hydrogen) atoms. The highest BCUT2D eigenvalue weighted by molar-refractivity contribution is 6.09. The molecular weight excluding hydrogens is 270 g/mol. The Balaban J connectivity index is 1.92. The first-order chi connectivity index (χ1) is 10.7. The number of rotatable bonds is 2. The van der Waals surface area contributed by atoms with E-state index in [1.54, 1.807) is 0 Å². The van der Waals surface area contributed by atoms with Gasteiger partial charge in [-0.2, -0.15) is 0 Å². The molecule has 0 unspecified atom stereocenters. The second kappa shape index (κ2) is 4.92. The fraction of sp³-hybridized carbons (Fsp3) is 0.100. The molecule has 0 aliphatic rings. The van der Waals surface area contributed by atoms with Gasteiger partial charge in [0.15, 0.2) is 5.58 Å². The van der Waals surface area contributed by atoms with Gasteiger partial charge in [0.25, 0.3) is 0 Å². The first-order valence-electron chi connectivity index (χ1n) is 7.47. The average Bonchev–Trinajstić information content (AvgIpc) is 2.91. The van der Waals surface area contributed by atoms with E-state index in [0.29, 0.717) is 0 Å². The molecular formula is C20H17NO. The van der Waals surface area contributed by atoms with Crippen LogP contribution < -0.4 is 5.32 Å². The topological polar surface area (TPSA) is 25.2 Å². The number of benzene rings is 3. The van der Waals surface area contributed by atoms with Crippen molar-refractivity contribution in [2.45, 2.75) is 13.8 Å². The van der Waals surface area contributed by atoms with Gasteiger partial charge in [-0.15, -0.1) is 0 Å². The van der Waals surface area contributed by atoms with E-state index in [1.807, 2.05) is 18.2 Å². The molecule has 0 amide bonds. The molecule has 0 radical (unpaired) electrons. The summed E-state index contributed by atoms with van der Waals surface area (Å²) < 4.78 is 6.07. The highest BCUT2D eigenvalue weighted by Gasteiger charge is 2.11. The van der Waals surface area contributed by atoms with Crippen LogP contribution >= 0.6 is 0 Å². The minimum Gasteiger partial charge on any atom is -0.454 e. The maximum Gasteiger partial charge on any atom is 0.158 e. The molecule has 3 aromatic carbocycles. The fourth-order valence-corrected chi connectivity index (χ4v) is 2.99. The summed E-state index contributed by atoms with van der Waals surface area (Å²) in [7, 11) is 0. The number of fused-ring (bicyclic) bond motifs is 3. The Morgan fingerprint density at radius 3 is 2.23 bits per heavy atom. The molecule has 1 aromatic heterocycles. The number of para-hydroxylation sites is 3. The van der Waals surface area contributed by atoms with Crippen molar-refractivity contribution in [1.29, 1.82) is 0 Å². The van der Waals surface area contributed by atoms with Gasteiger partial charge in [0.1, 0.15) is 5.58 Å². The quantitative estimate of drug-likeness (QED) is 0.493. The van der Waals surface area contributed by atoms with Crippen LogP contribution in [0.5, 0.6) is 0 Å². The van der Waals surface area contributed by atoms with Crippen molar-refractivity contribution in [3.63, 3.8) is 0 Å². The molecule has 0 spiro atoms. The molecule has 4 aromatic rings. The van der Waals surface area contributed by atoms with E-state index < -0.39 is 0 Å². The van der Waals surface area contributed by atoms with E-state index in [1.165, 1.54) is 11.1 Å². The Morgan fingerprint density at radius 1 is 0.727 bits per heavy atom. The summed E-state index contributed by atoms with van der Waals surface area (Å²) in [5.74, 6) is 0. The van der Waals surface area contributed by atoms with Crippen molar-refractivity contribution in [3.8, 4) is 0 Å². The van der Waals surface area contributed by atoms with Crippen LogP contribution in [0.25, 0.3) is 21.9 Å². The largest absolute Gasteiger partial charge is 0.454 e. The highest BCUT2D eigenvalue weighted by Crippen LogP contribution is 2.35. The van der Waals surface area contributed by atoms with Crippen molar-refractivity contribution in [1.82, 2.24) is 0 Å². The molecule has 0 atom stereocenters. The molecule has 108 valence electrons. The lowest BCUT2D eigenvalue weighted by molar-refractivity contribution is 0.670. The van der Waals surface area contributed by atoms with Crippen LogP contribution in [0.2, 0.25) is 0 Å². The first kappa shape index (κ1) is 13.0. The van der Waals surface area contributed by atoms with Crippen LogP contribution in [-0.4, -0.2) is 0 Å². The van der Waals surface area contributed by atoms with Crippen LogP contribution in [0.15, 0.2) is 65.1 Å². The SMILES string of the molecule is Cc1cccc(C)c1Nc1cccc2c1oc1ccccc12. The lowest BCUT2D eigenvalue weighted by Gasteiger charge is -2.12. The molecule has 2 heteroatoms. The van der Waals surface area contributed by atoms with Crippen LogP contribution in [0.3, 0.4) is 0 Å². The van der Waals surface area contributed by atoms with Gasteiger partial charge >= 0.3 is 0 Å². The molecule has 0 saturated carbocycles. The van der Waals surface area contributed by atoms with Gasteiger partial charge in [-0.3, -0.25) is 0 Å². The van der Waals surface area contributed by atoms with E-state index in [4.69, 9.17) is 4.42 Å². The normalized spacial score (nSPS) is 11.2. The van der Waals surface area contributed by atoms with Crippen molar-refractivity contribution >= 4 is 33.3 Å². The van der Waals surface area contributed by atoms with E-state index in [0.717, 1.165) is 33.3 Å². The predicted molar refractivity (Wildman–Crippen MR) is 92.9 cm³/mol. The van der Waals surface area contributed by atoms with Crippen molar-refractivity contribution in [2.75, 3.05) is 5.32 Å². The smallest absolute Gasteiger partial charge is 0.158 e. The number of anilines is 2. The fourth-order valence-electron chi connectivity index (χ4n) is 2.99. The summed E-state index contributed by atoms with van der Waals surface area (Å²) in [6.07, 6.45) is 0. The Morgan fingerprint density at radius 2 is 1.41 bits per heavy atom. The summed E-state index contributed by atoms with van der Waals surface area (Å²) in [6.45, 7) is 4.24. The molecule has 0 bridgehead atoms. The lowest BCUT2D eigenvalue weighted by Crippen LogP contribution is -1.96. The summed E-state index contributed by atoms with van der Waals surface area (Å²) in [4.78, 5) is 0. The summed E-state index contributed by atoms with van der Waals surface area (Å²) in [6, 6.07) is 20.7. The first-order valence-corrected chi connectivity index (χ1v) is 7.47. The molecule has 4 rings (SSSR count). The predicted octanol–water partition coefficient (Wildman–Crippen LogP) is 5.95. The summed E-state index contributed by atoms with van der Waals surface area (Å²) in [5, 5.41) is 5.85. The second-order valence-corrected chi connectivity index (χ2v) is 5.67. The third-order valence-corrected chi connectivity index (χ3v) is 4.15. The third-order valence-electron chi connectivity index (χ3n) is 4.15. The molecule has 1 N–H and O–H groups in total. The van der Waals surface area contributed by atoms with Crippen molar-refractivity contribution in [3.05, 3.63) is 71.8 Å². The number of furan rings is 1. The van der Waals surface area contributed by atoms with Crippen LogP contribution in [0.1, 0.15) is 11.1 Å². The molecule has 0 aliphatic carbocycles. The Bertz CT molecular complexity index is 961. The van der Waals surface area contributed by atoms with Gasteiger partial charge in [-0.05, 0) is 37.1 Å². The van der Waals surface area contributed by atoms with E-state index in [2.05, 4.69) is 61.6 Å². The molecule has 0 saturated heterocycles. The van der Waals surface area contributed by atoms with E-state index in [-0.39, 0.29) is 0 Å². The van der Waals surface area contributed by atoms with Gasteiger partial charge < -0.3 is 9.73 Å². The zero-order valence-electron chi connectivity index (χ0n) is 12.7. The van der Waals surface area contributed by atoms with Gasteiger partial charge in [0.2, 0.25) is 0 Å². The molecule has 2 nitrogen and oxygen atoms in total. The zero-order valence-corrected chi connectivity index (χ0v) is 12.7. The minimum absolute atomic E-state index is 0.909. The molecule has 0 aliphatic heterocycles.